The fourth-order valence-electron chi connectivity index (χ4n) is 2.45. The molecule has 8 heteroatoms. The maximum absolute atomic E-state index is 12.8. The van der Waals surface area contributed by atoms with Crippen molar-refractivity contribution in [3.63, 3.8) is 0 Å². The summed E-state index contributed by atoms with van der Waals surface area (Å²) >= 11 is 0. The summed E-state index contributed by atoms with van der Waals surface area (Å²) in [6, 6.07) is 6.37. The highest BCUT2D eigenvalue weighted by Gasteiger charge is 2.34. The third kappa shape index (κ3) is 5.66. The molecule has 156 valence electrons. The highest BCUT2D eigenvalue weighted by Crippen LogP contribution is 2.28. The van der Waals surface area contributed by atoms with Gasteiger partial charge >= 0.3 is 18.2 Å². The molecular formula is C21H26N2O6. The lowest BCUT2D eigenvalue weighted by atomic mass is 10.1. The molecule has 0 aliphatic rings. The Labute approximate surface area is 169 Å². The highest BCUT2D eigenvalue weighted by molar-refractivity contribution is 6.14. The van der Waals surface area contributed by atoms with E-state index in [4.69, 9.17) is 14.2 Å². The number of rotatable bonds is 2. The number of hydrogen-bond donors (Lipinski definition) is 0. The second-order valence-electron chi connectivity index (χ2n) is 8.36. The minimum Gasteiger partial charge on any atom is -0.465 e. The standard InChI is InChI=1S/C21H26N2O6/c1-20(2,3)28-18(25)23(19(26)29-21(4,5)6)16-15-9-8-14(17(24)27-7)12-13(15)10-11-22-16/h8-12H,1-7H3. The van der Waals surface area contributed by atoms with E-state index in [1.807, 2.05) is 0 Å². The SMILES string of the molecule is COC(=O)c1ccc2c(N(C(=O)OC(C)(C)C)C(=O)OC(C)(C)C)nccc2c1. The van der Waals surface area contributed by atoms with E-state index in [1.165, 1.54) is 19.4 Å². The number of methoxy groups -OCH3 is 1. The van der Waals surface area contributed by atoms with Gasteiger partial charge in [-0.25, -0.2) is 19.4 Å². The van der Waals surface area contributed by atoms with E-state index in [9.17, 15) is 14.4 Å². The van der Waals surface area contributed by atoms with Crippen LogP contribution in [0, 0.1) is 0 Å². The van der Waals surface area contributed by atoms with E-state index < -0.39 is 29.4 Å². The molecule has 2 rings (SSSR count). The Kier molecular flexibility index (Phi) is 6.15. The van der Waals surface area contributed by atoms with Crippen LogP contribution in [-0.2, 0) is 14.2 Å². The van der Waals surface area contributed by atoms with Gasteiger partial charge in [0.05, 0.1) is 12.7 Å². The molecule has 0 saturated carbocycles. The summed E-state index contributed by atoms with van der Waals surface area (Å²) in [7, 11) is 1.29. The fraction of sp³-hybridized carbons (Fsp3) is 0.429. The second kappa shape index (κ2) is 8.06. The van der Waals surface area contributed by atoms with Gasteiger partial charge in [0.2, 0.25) is 0 Å². The average molecular weight is 402 g/mol. The third-order valence-corrected chi connectivity index (χ3v) is 3.53. The van der Waals surface area contributed by atoms with Crippen LogP contribution in [0.4, 0.5) is 15.4 Å². The summed E-state index contributed by atoms with van der Waals surface area (Å²) in [5.74, 6) is -0.455. The third-order valence-electron chi connectivity index (χ3n) is 3.53. The maximum atomic E-state index is 12.8. The van der Waals surface area contributed by atoms with Crippen LogP contribution in [0.5, 0.6) is 0 Å². The largest absolute Gasteiger partial charge is 0.465 e. The number of benzene rings is 1. The van der Waals surface area contributed by atoms with Crippen molar-refractivity contribution in [1.29, 1.82) is 0 Å². The van der Waals surface area contributed by atoms with Crippen molar-refractivity contribution >= 4 is 34.7 Å². The highest BCUT2D eigenvalue weighted by atomic mass is 16.6. The lowest BCUT2D eigenvalue weighted by molar-refractivity contribution is 0.0428. The van der Waals surface area contributed by atoms with Crippen molar-refractivity contribution in [3.05, 3.63) is 36.0 Å². The number of ether oxygens (including phenoxy) is 3. The number of carbonyl (C=O) groups excluding carboxylic acids is 3. The zero-order chi connectivity index (χ0) is 22.0. The van der Waals surface area contributed by atoms with E-state index >= 15 is 0 Å². The molecule has 0 aliphatic heterocycles. The molecule has 1 aromatic heterocycles. The van der Waals surface area contributed by atoms with E-state index in [1.54, 1.807) is 59.7 Å². The molecule has 1 heterocycles. The first-order valence-electron chi connectivity index (χ1n) is 9.05. The minimum absolute atomic E-state index is 0.0439. The van der Waals surface area contributed by atoms with Gasteiger partial charge in [-0.15, -0.1) is 0 Å². The van der Waals surface area contributed by atoms with Gasteiger partial charge < -0.3 is 14.2 Å². The van der Waals surface area contributed by atoms with Crippen LogP contribution in [0.2, 0.25) is 0 Å². The first-order valence-corrected chi connectivity index (χ1v) is 9.05. The van der Waals surface area contributed by atoms with E-state index in [0.717, 1.165) is 4.90 Å². The normalized spacial score (nSPS) is 11.7. The quantitative estimate of drug-likeness (QED) is 0.531. The van der Waals surface area contributed by atoms with Crippen molar-refractivity contribution in [2.75, 3.05) is 12.0 Å². The van der Waals surface area contributed by atoms with Crippen molar-refractivity contribution in [2.45, 2.75) is 52.7 Å². The van der Waals surface area contributed by atoms with Gasteiger partial charge in [-0.2, -0.15) is 4.90 Å². The van der Waals surface area contributed by atoms with Crippen molar-refractivity contribution < 1.29 is 28.6 Å². The predicted octanol–water partition coefficient (Wildman–Crippen LogP) is 4.70. The topological polar surface area (TPSA) is 95.0 Å². The molecule has 0 fully saturated rings. The summed E-state index contributed by atoms with van der Waals surface area (Å²) in [6.45, 7) is 10.2. The molecule has 29 heavy (non-hydrogen) atoms. The van der Waals surface area contributed by atoms with Gasteiger partial charge in [0.1, 0.15) is 11.2 Å². The number of amides is 2. The van der Waals surface area contributed by atoms with Crippen molar-refractivity contribution in [2.24, 2.45) is 0 Å². The molecule has 0 atom stereocenters. The van der Waals surface area contributed by atoms with E-state index in [-0.39, 0.29) is 5.82 Å². The van der Waals surface area contributed by atoms with Gasteiger partial charge in [0.25, 0.3) is 0 Å². The molecule has 8 nitrogen and oxygen atoms in total. The zero-order valence-corrected chi connectivity index (χ0v) is 17.7. The number of anilines is 1. The Bertz CT molecular complexity index is 912. The molecule has 0 aliphatic carbocycles. The number of imide groups is 1. The summed E-state index contributed by atoms with van der Waals surface area (Å²) in [5, 5.41) is 1.06. The van der Waals surface area contributed by atoms with Gasteiger partial charge in [0.15, 0.2) is 5.82 Å². The number of aromatic nitrogens is 1. The van der Waals surface area contributed by atoms with Crippen LogP contribution >= 0.6 is 0 Å². The Balaban J connectivity index is 2.60. The van der Waals surface area contributed by atoms with Crippen molar-refractivity contribution in [3.8, 4) is 0 Å². The minimum atomic E-state index is -0.913. The summed E-state index contributed by atoms with van der Waals surface area (Å²) in [6.07, 6.45) is -0.395. The average Bonchev–Trinajstić information content (AvgIpc) is 2.57. The van der Waals surface area contributed by atoms with Crippen molar-refractivity contribution in [1.82, 2.24) is 4.98 Å². The molecule has 2 amide bonds. The van der Waals surface area contributed by atoms with E-state index in [2.05, 4.69) is 4.98 Å². The predicted molar refractivity (Wildman–Crippen MR) is 108 cm³/mol. The summed E-state index contributed by atoms with van der Waals surface area (Å²) in [4.78, 5) is 42.5. The van der Waals surface area contributed by atoms with Gasteiger partial charge in [-0.3, -0.25) is 0 Å². The Morgan fingerprint density at radius 3 is 1.93 bits per heavy atom. The second-order valence-corrected chi connectivity index (χ2v) is 8.36. The molecule has 0 N–H and O–H groups in total. The van der Waals surface area contributed by atoms with Crippen LogP contribution in [0.15, 0.2) is 30.5 Å². The number of nitrogens with zero attached hydrogens (tertiary/aromatic N) is 2. The molecule has 0 spiro atoms. The summed E-state index contributed by atoms with van der Waals surface area (Å²) < 4.78 is 15.5. The number of pyridine rings is 1. The van der Waals surface area contributed by atoms with Gasteiger partial charge in [0, 0.05) is 11.6 Å². The summed E-state index contributed by atoms with van der Waals surface area (Å²) in [5.41, 5.74) is -1.33. The lowest BCUT2D eigenvalue weighted by Crippen LogP contribution is -2.44. The number of esters is 1. The monoisotopic (exact) mass is 402 g/mol. The molecule has 0 bridgehead atoms. The number of hydrogen-bond acceptors (Lipinski definition) is 7. The van der Waals surface area contributed by atoms with Gasteiger partial charge in [-0.05, 0) is 71.2 Å². The maximum Gasteiger partial charge on any atom is 0.425 e. The number of carbonyl (C=O) groups is 3. The van der Waals surface area contributed by atoms with Crippen LogP contribution in [0.25, 0.3) is 10.8 Å². The van der Waals surface area contributed by atoms with Gasteiger partial charge in [-0.1, -0.05) is 0 Å². The smallest absolute Gasteiger partial charge is 0.425 e. The first-order chi connectivity index (χ1) is 13.3. The van der Waals surface area contributed by atoms with Crippen LogP contribution < -0.4 is 4.90 Å². The zero-order valence-electron chi connectivity index (χ0n) is 17.7. The van der Waals surface area contributed by atoms with Crippen LogP contribution in [-0.4, -0.2) is 41.5 Å². The molecule has 0 radical (unpaired) electrons. The van der Waals surface area contributed by atoms with Crippen LogP contribution in [0.3, 0.4) is 0 Å². The Morgan fingerprint density at radius 1 is 0.897 bits per heavy atom. The molecule has 2 aromatic rings. The van der Waals surface area contributed by atoms with E-state index in [0.29, 0.717) is 16.3 Å². The first kappa shape index (κ1) is 22.1. The molecule has 1 aromatic carbocycles. The Morgan fingerprint density at radius 2 is 1.45 bits per heavy atom. The fourth-order valence-corrected chi connectivity index (χ4v) is 2.45. The molecule has 0 unspecified atom stereocenters. The Hall–Kier alpha value is -3.16. The molecule has 0 saturated heterocycles. The lowest BCUT2D eigenvalue weighted by Gasteiger charge is -2.28. The van der Waals surface area contributed by atoms with Crippen LogP contribution in [0.1, 0.15) is 51.9 Å². The number of fused-ring (bicyclic) bond motifs is 1. The molecular weight excluding hydrogens is 376 g/mol.